The first-order chi connectivity index (χ1) is 11.4. The fourth-order valence-electron chi connectivity index (χ4n) is 2.38. The second-order valence-electron chi connectivity index (χ2n) is 5.23. The van der Waals surface area contributed by atoms with Crippen molar-refractivity contribution in [2.45, 2.75) is 12.5 Å². The van der Waals surface area contributed by atoms with Crippen LogP contribution in [0.2, 0.25) is 0 Å². The standard InChI is InChI=1S/C15H17BrFN3O4/c1-24-14(22)7-12-15(23)18-4-5-20(12)8-13(21)19-11-3-2-9(16)6-10(11)17/h2-3,6,12H,4-5,7-8H2,1H3,(H,18,23)(H,19,21)/t12-/m1/s1. The lowest BCUT2D eigenvalue weighted by molar-refractivity contribution is -0.146. The summed E-state index contributed by atoms with van der Waals surface area (Å²) in [6.07, 6.45) is -0.151. The molecule has 9 heteroatoms. The van der Waals surface area contributed by atoms with Gasteiger partial charge in [-0.05, 0) is 18.2 Å². The van der Waals surface area contributed by atoms with Gasteiger partial charge in [0, 0.05) is 17.6 Å². The van der Waals surface area contributed by atoms with Gasteiger partial charge in [0.1, 0.15) is 11.9 Å². The number of nitrogens with one attached hydrogen (secondary N) is 2. The molecule has 0 radical (unpaired) electrons. The molecule has 0 unspecified atom stereocenters. The first-order valence-corrected chi connectivity index (χ1v) is 8.03. The highest BCUT2D eigenvalue weighted by atomic mass is 79.9. The van der Waals surface area contributed by atoms with Crippen LogP contribution in [0.25, 0.3) is 0 Å². The Balaban J connectivity index is 2.02. The number of carbonyl (C=O) groups excluding carboxylic acids is 3. The zero-order valence-electron chi connectivity index (χ0n) is 13.0. The summed E-state index contributed by atoms with van der Waals surface area (Å²) in [5.74, 6) is -1.92. The van der Waals surface area contributed by atoms with Crippen LogP contribution in [-0.4, -0.2) is 55.5 Å². The Labute approximate surface area is 146 Å². The van der Waals surface area contributed by atoms with Crippen LogP contribution in [-0.2, 0) is 19.1 Å². The van der Waals surface area contributed by atoms with Gasteiger partial charge in [-0.15, -0.1) is 0 Å². The number of rotatable bonds is 5. The molecule has 1 aromatic carbocycles. The normalized spacial score (nSPS) is 18.0. The molecule has 1 saturated heterocycles. The molecule has 0 aliphatic carbocycles. The van der Waals surface area contributed by atoms with E-state index in [1.54, 1.807) is 11.0 Å². The minimum absolute atomic E-state index is 0.0502. The first-order valence-electron chi connectivity index (χ1n) is 7.24. The minimum atomic E-state index is -0.785. The molecule has 2 N–H and O–H groups in total. The molecule has 0 aromatic heterocycles. The van der Waals surface area contributed by atoms with E-state index in [1.807, 2.05) is 0 Å². The quantitative estimate of drug-likeness (QED) is 0.715. The van der Waals surface area contributed by atoms with Gasteiger partial charge in [-0.2, -0.15) is 0 Å². The summed E-state index contributed by atoms with van der Waals surface area (Å²) in [7, 11) is 1.23. The molecule has 2 rings (SSSR count). The van der Waals surface area contributed by atoms with Crippen LogP contribution in [0, 0.1) is 5.82 Å². The topological polar surface area (TPSA) is 87.7 Å². The molecule has 1 aliphatic heterocycles. The Hall–Kier alpha value is -2.00. The van der Waals surface area contributed by atoms with Crippen LogP contribution in [0.5, 0.6) is 0 Å². The van der Waals surface area contributed by atoms with E-state index in [9.17, 15) is 18.8 Å². The highest BCUT2D eigenvalue weighted by Crippen LogP contribution is 2.19. The third kappa shape index (κ3) is 4.75. The number of methoxy groups -OCH3 is 1. The molecule has 1 heterocycles. The van der Waals surface area contributed by atoms with Crippen molar-refractivity contribution < 1.29 is 23.5 Å². The van der Waals surface area contributed by atoms with E-state index in [1.165, 1.54) is 19.2 Å². The van der Waals surface area contributed by atoms with E-state index in [-0.39, 0.29) is 24.6 Å². The van der Waals surface area contributed by atoms with Gasteiger partial charge in [0.2, 0.25) is 11.8 Å². The second kappa shape index (κ2) is 8.20. The number of hydrogen-bond acceptors (Lipinski definition) is 5. The van der Waals surface area contributed by atoms with Gasteiger partial charge >= 0.3 is 5.97 Å². The number of anilines is 1. The van der Waals surface area contributed by atoms with Crippen LogP contribution >= 0.6 is 15.9 Å². The van der Waals surface area contributed by atoms with Crippen LogP contribution < -0.4 is 10.6 Å². The summed E-state index contributed by atoms with van der Waals surface area (Å²) in [6, 6.07) is 3.50. The summed E-state index contributed by atoms with van der Waals surface area (Å²) >= 11 is 3.14. The molecule has 1 atom stereocenters. The van der Waals surface area contributed by atoms with E-state index >= 15 is 0 Å². The molecule has 0 bridgehead atoms. The minimum Gasteiger partial charge on any atom is -0.469 e. The highest BCUT2D eigenvalue weighted by Gasteiger charge is 2.33. The molecular weight excluding hydrogens is 385 g/mol. The van der Waals surface area contributed by atoms with Gasteiger partial charge in [0.25, 0.3) is 0 Å². The van der Waals surface area contributed by atoms with Gasteiger partial charge < -0.3 is 15.4 Å². The van der Waals surface area contributed by atoms with Crippen molar-refractivity contribution in [3.05, 3.63) is 28.5 Å². The summed E-state index contributed by atoms with van der Waals surface area (Å²) in [5.41, 5.74) is 0.0502. The monoisotopic (exact) mass is 401 g/mol. The highest BCUT2D eigenvalue weighted by molar-refractivity contribution is 9.10. The molecule has 1 aliphatic rings. The van der Waals surface area contributed by atoms with Gasteiger partial charge in [-0.25, -0.2) is 4.39 Å². The van der Waals surface area contributed by atoms with E-state index in [4.69, 9.17) is 0 Å². The fourth-order valence-corrected chi connectivity index (χ4v) is 2.71. The van der Waals surface area contributed by atoms with Crippen LogP contribution in [0.4, 0.5) is 10.1 Å². The Morgan fingerprint density at radius 1 is 1.50 bits per heavy atom. The first kappa shape index (κ1) is 18.3. The Morgan fingerprint density at radius 3 is 2.92 bits per heavy atom. The maximum atomic E-state index is 13.8. The van der Waals surface area contributed by atoms with Crippen molar-refractivity contribution in [1.82, 2.24) is 10.2 Å². The SMILES string of the molecule is COC(=O)C[C@@H]1C(=O)NCCN1CC(=O)Nc1ccc(Br)cc1F. The number of esters is 1. The Kier molecular flexibility index (Phi) is 6.27. The summed E-state index contributed by atoms with van der Waals surface area (Å²) < 4.78 is 18.9. The fraction of sp³-hybridized carbons (Fsp3) is 0.400. The molecule has 0 saturated carbocycles. The average molecular weight is 402 g/mol. The smallest absolute Gasteiger partial charge is 0.307 e. The van der Waals surface area contributed by atoms with Gasteiger partial charge in [0.05, 0.1) is 25.8 Å². The van der Waals surface area contributed by atoms with E-state index in [0.29, 0.717) is 17.6 Å². The number of carbonyl (C=O) groups is 3. The van der Waals surface area contributed by atoms with Crippen molar-refractivity contribution in [1.29, 1.82) is 0 Å². The molecule has 130 valence electrons. The second-order valence-corrected chi connectivity index (χ2v) is 6.15. The number of ether oxygens (including phenoxy) is 1. The Morgan fingerprint density at radius 2 is 2.25 bits per heavy atom. The van der Waals surface area contributed by atoms with E-state index < -0.39 is 23.7 Å². The summed E-state index contributed by atoms with van der Waals surface area (Å²) in [5, 5.41) is 5.11. The van der Waals surface area contributed by atoms with Crippen molar-refractivity contribution in [3.63, 3.8) is 0 Å². The average Bonchev–Trinajstić information content (AvgIpc) is 2.53. The number of benzene rings is 1. The predicted octanol–water partition coefficient (Wildman–Crippen LogP) is 0.890. The number of amides is 2. The zero-order valence-corrected chi connectivity index (χ0v) is 14.6. The van der Waals surface area contributed by atoms with Crippen LogP contribution in [0.3, 0.4) is 0 Å². The third-order valence-corrected chi connectivity index (χ3v) is 4.07. The zero-order chi connectivity index (χ0) is 17.7. The lowest BCUT2D eigenvalue weighted by atomic mass is 10.1. The molecular formula is C15H17BrFN3O4. The van der Waals surface area contributed by atoms with Crippen molar-refractivity contribution in [3.8, 4) is 0 Å². The maximum absolute atomic E-state index is 13.8. The number of nitrogens with zero attached hydrogens (tertiary/aromatic N) is 1. The van der Waals surface area contributed by atoms with Crippen molar-refractivity contribution in [2.75, 3.05) is 32.1 Å². The molecule has 1 aromatic rings. The van der Waals surface area contributed by atoms with Gasteiger partial charge in [0.15, 0.2) is 0 Å². The van der Waals surface area contributed by atoms with Gasteiger partial charge in [-0.3, -0.25) is 19.3 Å². The van der Waals surface area contributed by atoms with Crippen molar-refractivity contribution >= 4 is 39.4 Å². The molecule has 24 heavy (non-hydrogen) atoms. The number of piperazine rings is 1. The van der Waals surface area contributed by atoms with E-state index in [0.717, 1.165) is 0 Å². The lowest BCUT2D eigenvalue weighted by Crippen LogP contribution is -2.57. The number of hydrogen-bond donors (Lipinski definition) is 2. The maximum Gasteiger partial charge on any atom is 0.307 e. The predicted molar refractivity (Wildman–Crippen MR) is 87.7 cm³/mol. The third-order valence-electron chi connectivity index (χ3n) is 3.58. The van der Waals surface area contributed by atoms with Gasteiger partial charge in [-0.1, -0.05) is 15.9 Å². The molecule has 2 amide bonds. The lowest BCUT2D eigenvalue weighted by Gasteiger charge is -2.33. The molecule has 7 nitrogen and oxygen atoms in total. The number of halogens is 2. The van der Waals surface area contributed by atoms with Crippen LogP contribution in [0.1, 0.15) is 6.42 Å². The molecule has 0 spiro atoms. The Bertz CT molecular complexity index is 656. The molecule has 1 fully saturated rings. The summed E-state index contributed by atoms with van der Waals surface area (Å²) in [6.45, 7) is 0.644. The summed E-state index contributed by atoms with van der Waals surface area (Å²) in [4.78, 5) is 37.1. The van der Waals surface area contributed by atoms with Crippen LogP contribution in [0.15, 0.2) is 22.7 Å². The largest absolute Gasteiger partial charge is 0.469 e. The van der Waals surface area contributed by atoms with Crippen molar-refractivity contribution in [2.24, 2.45) is 0 Å². The van der Waals surface area contributed by atoms with E-state index in [2.05, 4.69) is 31.3 Å².